The number of aromatic amines is 4. The van der Waals surface area contributed by atoms with Crippen molar-refractivity contribution in [3.05, 3.63) is 257 Å². The van der Waals surface area contributed by atoms with Crippen molar-refractivity contribution in [3.63, 3.8) is 0 Å². The summed E-state index contributed by atoms with van der Waals surface area (Å²) in [6.07, 6.45) is 18.9. The number of rotatable bonds is 22. The van der Waals surface area contributed by atoms with Gasteiger partial charge < -0.3 is 49.5 Å². The molecular formula is C81H73Cl4N11O11. The predicted octanol–water partition coefficient (Wildman–Crippen LogP) is 17.4. The van der Waals surface area contributed by atoms with Crippen LogP contribution < -0.4 is 34.9 Å². The Morgan fingerprint density at radius 1 is 0.467 bits per heavy atom. The number of aromatic carboxylic acids is 1. The number of aromatic nitrogens is 8. The quantitative estimate of drug-likeness (QED) is 0.0305. The van der Waals surface area contributed by atoms with Gasteiger partial charge in [-0.15, -0.1) is 0 Å². The van der Waals surface area contributed by atoms with Crippen LogP contribution in [0.5, 0.6) is 23.0 Å². The van der Waals surface area contributed by atoms with Crippen molar-refractivity contribution in [1.29, 1.82) is 0 Å². The van der Waals surface area contributed by atoms with Gasteiger partial charge in [-0.2, -0.15) is 20.4 Å². The maximum Gasteiger partial charge on any atom is 0.339 e. The minimum absolute atomic E-state index is 0.0996. The smallest absolute Gasteiger partial charge is 0.339 e. The molecule has 107 heavy (non-hydrogen) atoms. The number of hydrogen-bond acceptors (Lipinski definition) is 14. The monoisotopic (exact) mass is 1520 g/mol. The highest BCUT2D eigenvalue weighted by Crippen LogP contribution is 2.37. The summed E-state index contributed by atoms with van der Waals surface area (Å²) in [5.41, 5.74) is 11.1. The van der Waals surface area contributed by atoms with Crippen molar-refractivity contribution >= 4 is 162 Å². The number of carbonyl (C=O) groups excluding carboxylic acids is 3. The fourth-order valence-corrected chi connectivity index (χ4v) is 11.8. The molecule has 0 spiro atoms. The number of ether oxygens (including phenoxy) is 4. The van der Waals surface area contributed by atoms with E-state index in [1.54, 1.807) is 74.0 Å². The van der Waals surface area contributed by atoms with Crippen molar-refractivity contribution in [2.24, 2.45) is 5.92 Å². The Bertz CT molecular complexity index is 5410. The number of nitrogens with zero attached hydrogens (tertiary/aromatic N) is 4. The Kier molecular flexibility index (Phi) is 25.4. The molecule has 0 radical (unpaired) electrons. The molecular weight excluding hydrogens is 1440 g/mol. The number of aliphatic hydroxyl groups is 1. The van der Waals surface area contributed by atoms with E-state index in [1.165, 1.54) is 27.4 Å². The molecule has 546 valence electrons. The van der Waals surface area contributed by atoms with Gasteiger partial charge in [0.05, 0.1) is 137 Å². The Morgan fingerprint density at radius 3 is 1.09 bits per heavy atom. The van der Waals surface area contributed by atoms with Gasteiger partial charge in [-0.25, -0.2) is 4.79 Å². The van der Waals surface area contributed by atoms with Gasteiger partial charge in [-0.05, 0) is 175 Å². The zero-order chi connectivity index (χ0) is 75.7. The van der Waals surface area contributed by atoms with Crippen LogP contribution in [0.4, 0.5) is 0 Å². The normalized spacial score (nSPS) is 12.3. The number of furan rings is 1. The number of carboxylic acids is 1. The molecule has 9 N–H and O–H groups in total. The molecule has 1 aliphatic carbocycles. The van der Waals surface area contributed by atoms with E-state index in [0.29, 0.717) is 99.7 Å². The van der Waals surface area contributed by atoms with E-state index in [-0.39, 0.29) is 47.9 Å². The molecule has 0 saturated heterocycles. The Labute approximate surface area is 634 Å². The van der Waals surface area contributed by atoms with Crippen LogP contribution in [-0.2, 0) is 6.54 Å². The van der Waals surface area contributed by atoms with E-state index >= 15 is 0 Å². The van der Waals surface area contributed by atoms with Crippen molar-refractivity contribution in [3.8, 4) is 23.0 Å². The highest BCUT2D eigenvalue weighted by atomic mass is 35.5. The third-order valence-corrected chi connectivity index (χ3v) is 18.1. The molecule has 1 atom stereocenters. The summed E-state index contributed by atoms with van der Waals surface area (Å²) in [4.78, 5) is 49.4. The van der Waals surface area contributed by atoms with Crippen molar-refractivity contribution in [1.82, 2.24) is 56.7 Å². The molecule has 5 aromatic heterocycles. The average Bonchev–Trinajstić information content (AvgIpc) is 1.69. The highest BCUT2D eigenvalue weighted by Gasteiger charge is 2.28. The van der Waals surface area contributed by atoms with Gasteiger partial charge in [0.25, 0.3) is 17.7 Å². The van der Waals surface area contributed by atoms with Crippen LogP contribution in [0.1, 0.15) is 119 Å². The van der Waals surface area contributed by atoms with Gasteiger partial charge in [-0.3, -0.25) is 34.8 Å². The number of hydrogen-bond donors (Lipinski definition) is 9. The van der Waals surface area contributed by atoms with E-state index in [1.807, 2.05) is 153 Å². The van der Waals surface area contributed by atoms with Crippen molar-refractivity contribution in [2.75, 3.05) is 35.0 Å². The van der Waals surface area contributed by atoms with Crippen molar-refractivity contribution < 1.29 is 52.8 Å². The van der Waals surface area contributed by atoms with Gasteiger partial charge in [0.15, 0.2) is 0 Å². The second kappa shape index (κ2) is 35.7. The summed E-state index contributed by atoms with van der Waals surface area (Å²) < 4.78 is 27.3. The maximum atomic E-state index is 12.8. The van der Waals surface area contributed by atoms with Crippen LogP contribution in [0, 0.1) is 5.92 Å². The summed E-state index contributed by atoms with van der Waals surface area (Å²) >= 11 is 23.7. The van der Waals surface area contributed by atoms with E-state index in [9.17, 15) is 29.4 Å². The third kappa shape index (κ3) is 19.0. The Morgan fingerprint density at radius 2 is 0.794 bits per heavy atom. The van der Waals surface area contributed by atoms with E-state index < -0.39 is 5.97 Å². The first-order chi connectivity index (χ1) is 51.8. The lowest BCUT2D eigenvalue weighted by Crippen LogP contribution is -2.41. The molecule has 0 aliphatic heterocycles. The molecule has 1 aliphatic rings. The first-order valence-electron chi connectivity index (χ1n) is 33.6. The number of halogens is 4. The number of carbonyl (C=O) groups is 4. The van der Waals surface area contributed by atoms with Crippen LogP contribution in [0.2, 0.25) is 20.1 Å². The Balaban J connectivity index is 0.000000143. The van der Waals surface area contributed by atoms with Gasteiger partial charge in [0, 0.05) is 26.1 Å². The molecule has 0 bridgehead atoms. The maximum absolute atomic E-state index is 12.8. The number of amides is 3. The summed E-state index contributed by atoms with van der Waals surface area (Å²) in [6.45, 7) is 4.05. The third-order valence-electron chi connectivity index (χ3n) is 17.1. The van der Waals surface area contributed by atoms with E-state index in [4.69, 9.17) is 69.8 Å². The highest BCUT2D eigenvalue weighted by molar-refractivity contribution is 6.31. The topological polar surface area (TPSA) is 310 Å². The number of methoxy groups -OCH3 is 4. The summed E-state index contributed by atoms with van der Waals surface area (Å²) in [7, 11) is 6.08. The summed E-state index contributed by atoms with van der Waals surface area (Å²) in [6, 6.07) is 47.1. The molecule has 1 fully saturated rings. The van der Waals surface area contributed by atoms with E-state index in [0.717, 1.165) is 73.9 Å². The second-order valence-electron chi connectivity index (χ2n) is 24.6. The number of aliphatic hydroxyl groups excluding tert-OH is 1. The van der Waals surface area contributed by atoms with Crippen LogP contribution in [0.3, 0.4) is 0 Å². The Hall–Kier alpha value is -11.9. The van der Waals surface area contributed by atoms with Crippen LogP contribution >= 0.6 is 46.4 Å². The minimum Gasteiger partial charge on any atom is -0.495 e. The first-order valence-corrected chi connectivity index (χ1v) is 35.1. The second-order valence-corrected chi connectivity index (χ2v) is 26.3. The molecule has 3 amide bonds. The molecule has 14 rings (SSSR count). The molecule has 13 aromatic rings. The fourth-order valence-electron chi connectivity index (χ4n) is 11.3. The predicted molar refractivity (Wildman–Crippen MR) is 423 cm³/mol. The number of benzene rings is 8. The van der Waals surface area contributed by atoms with Gasteiger partial charge >= 0.3 is 5.97 Å². The number of fused-ring (bicyclic) bond motifs is 4. The molecule has 0 unspecified atom stereocenters. The zero-order valence-corrected chi connectivity index (χ0v) is 61.7. The molecule has 26 heteroatoms. The molecule has 8 aromatic carbocycles. The van der Waals surface area contributed by atoms with Crippen molar-refractivity contribution in [2.45, 2.75) is 45.3 Å². The van der Waals surface area contributed by atoms with Gasteiger partial charge in [-0.1, -0.05) is 133 Å². The average molecular weight is 1520 g/mol. The van der Waals surface area contributed by atoms with Crippen LogP contribution in [0.25, 0.3) is 92.2 Å². The molecule has 22 nitrogen and oxygen atoms in total. The lowest BCUT2D eigenvalue weighted by molar-refractivity contribution is 0.0692. The van der Waals surface area contributed by atoms with E-state index in [2.05, 4.69) is 56.7 Å². The largest absolute Gasteiger partial charge is 0.495 e. The van der Waals surface area contributed by atoms with Crippen LogP contribution in [0.15, 0.2) is 168 Å². The lowest BCUT2D eigenvalue weighted by atomic mass is 10.0. The van der Waals surface area contributed by atoms with Crippen LogP contribution in [-0.4, -0.2) is 122 Å². The SMILES string of the molecule is COc1c(C(=O)NC2CC2)ccc2n[nH]c(/C=C/c3ccc(Cl)cc3)c12.COc1c(C(=O)NCc2ccco2)ccc2n[nH]c(/C=C/c3ccc(Cl)cc3)c12.COc1c(C(=O)N[C@H](CO)C(C)C)ccc2n[nH]c(/C=C/c3ccc(Cl)cc3)c12.COc1c(C(=O)O)ccc2n[nH]c(/C=C/c3ccc(Cl)cc3)c12. The molecule has 5 heterocycles. The minimum atomic E-state index is -1.04. The standard InChI is InChI=1S/C22H18ClN3O3.C22H24ClN3O3.C20H18ClN3O2.C17H13ClN2O3/c1-28-21-17(22(27)24-13-16-3-2-12-29-16)9-11-19-20(21)18(25-26-19)10-6-14-4-7-15(23)8-5-14;1-13(2)19(12-27)24-22(28)16-9-11-18-20(21(16)29-3)17(25-26-18)10-6-14-4-7-15(23)8-5-14;1-26-19-15(20(25)22-14-7-8-14)9-11-17-18(19)16(23-24-17)10-4-12-2-5-13(21)6-3-12;1-23-16-12(17(21)22)7-9-14-15(16)13(19-20-14)8-4-10-2-5-11(18)6-3-10/h2-12H,13H2,1H3,(H,24,27)(H,25,26);4-11,13,19,27H,12H2,1-3H3,(H,24,28)(H,25,26);2-6,9-11,14H,7-8H2,1H3,(H,22,25)(H,23,24);2-9H,1H3,(H,19,20)(H,21,22)/b2*10-6+;10-4+;8-4+/t;19-;;/m.1../s1. The van der Waals surface area contributed by atoms with Gasteiger partial charge in [0.2, 0.25) is 0 Å². The lowest BCUT2D eigenvalue weighted by Gasteiger charge is -2.20. The summed E-state index contributed by atoms with van der Waals surface area (Å²) in [5.74, 6) is 0.786. The van der Waals surface area contributed by atoms with Gasteiger partial charge in [0.1, 0.15) is 34.3 Å². The number of H-pyrrole nitrogens is 4. The summed E-state index contributed by atoms with van der Waals surface area (Å²) in [5, 5.41) is 62.2. The first kappa shape index (κ1) is 76.2. The number of carboxylic acid groups (broad SMARTS) is 1. The molecule has 1 saturated carbocycles. The zero-order valence-electron chi connectivity index (χ0n) is 58.6. The number of nitrogens with one attached hydrogen (secondary N) is 7. The fraction of sp³-hybridized carbons (Fsp3) is 0.160.